The van der Waals surface area contributed by atoms with Crippen molar-refractivity contribution in [1.29, 1.82) is 5.26 Å². The molecule has 0 bridgehead atoms. The molecular formula is C23H23N3O2S. The van der Waals surface area contributed by atoms with Gasteiger partial charge in [-0.1, -0.05) is 68.1 Å². The average Bonchev–Trinajstić information content (AvgIpc) is 3.09. The molecule has 0 aromatic heterocycles. The number of hydrogen-bond acceptors (Lipinski definition) is 4. The van der Waals surface area contributed by atoms with E-state index in [1.165, 1.54) is 16.7 Å². The third kappa shape index (κ3) is 4.52. The Kier molecular flexibility index (Phi) is 6.73. The molecule has 2 amide bonds. The summed E-state index contributed by atoms with van der Waals surface area (Å²) in [6.07, 6.45) is 1.52. The van der Waals surface area contributed by atoms with Gasteiger partial charge in [0.2, 0.25) is 5.91 Å². The maximum Gasteiger partial charge on any atom is 0.264 e. The molecule has 1 N–H and O–H groups in total. The minimum Gasteiger partial charge on any atom is -0.347 e. The molecule has 1 heterocycles. The van der Waals surface area contributed by atoms with E-state index in [0.717, 1.165) is 17.5 Å². The van der Waals surface area contributed by atoms with Crippen molar-refractivity contribution in [3.05, 3.63) is 76.3 Å². The highest BCUT2D eigenvalue weighted by atomic mass is 32.2. The molecule has 0 spiro atoms. The lowest BCUT2D eigenvalue weighted by Crippen LogP contribution is -2.31. The molecule has 29 heavy (non-hydrogen) atoms. The highest BCUT2D eigenvalue weighted by Crippen LogP contribution is 2.41. The Bertz CT molecular complexity index is 962. The van der Waals surface area contributed by atoms with Gasteiger partial charge in [-0.25, -0.2) is 0 Å². The second-order valence-corrected chi connectivity index (χ2v) is 7.86. The summed E-state index contributed by atoms with van der Waals surface area (Å²) in [5.74, 6) is -0.570. The molecule has 1 saturated heterocycles. The molecule has 0 radical (unpaired) electrons. The van der Waals surface area contributed by atoms with Crippen molar-refractivity contribution in [1.82, 2.24) is 5.32 Å². The number of thioether (sulfide) groups is 1. The first-order chi connectivity index (χ1) is 14.1. The standard InChI is InChI=1S/C23H23N3O2S/c1-3-16-10-12-18(13-11-16)26-22(28)20(4-2)29-23(26)19(14-24)21(27)25-15-17-8-6-5-7-9-17/h5-13,20H,3-4,15H2,1-2H3,(H,25,27)/b23-19-. The third-order valence-electron chi connectivity index (χ3n) is 4.78. The predicted molar refractivity (Wildman–Crippen MR) is 116 cm³/mol. The van der Waals surface area contributed by atoms with Crippen molar-refractivity contribution in [2.24, 2.45) is 0 Å². The van der Waals surface area contributed by atoms with E-state index in [1.807, 2.05) is 67.6 Å². The number of nitrogens with zero attached hydrogens (tertiary/aromatic N) is 2. The number of nitriles is 1. The maximum absolute atomic E-state index is 13.0. The average molecular weight is 406 g/mol. The minimum atomic E-state index is -0.474. The smallest absolute Gasteiger partial charge is 0.264 e. The molecule has 3 rings (SSSR count). The fourth-order valence-corrected chi connectivity index (χ4v) is 4.30. The van der Waals surface area contributed by atoms with Gasteiger partial charge in [-0.3, -0.25) is 14.5 Å². The van der Waals surface area contributed by atoms with E-state index in [9.17, 15) is 14.9 Å². The van der Waals surface area contributed by atoms with Gasteiger partial charge in [0.25, 0.3) is 5.91 Å². The Morgan fingerprint density at radius 1 is 1.10 bits per heavy atom. The number of carbonyl (C=O) groups is 2. The molecule has 148 valence electrons. The second-order valence-electron chi connectivity index (χ2n) is 6.67. The van der Waals surface area contributed by atoms with E-state index in [1.54, 1.807) is 0 Å². The number of rotatable bonds is 6. The van der Waals surface area contributed by atoms with Crippen LogP contribution in [0.2, 0.25) is 0 Å². The van der Waals surface area contributed by atoms with Crippen LogP contribution in [-0.4, -0.2) is 17.1 Å². The molecular weight excluding hydrogens is 382 g/mol. The van der Waals surface area contributed by atoms with Crippen molar-refractivity contribution < 1.29 is 9.59 Å². The van der Waals surface area contributed by atoms with Gasteiger partial charge < -0.3 is 5.32 Å². The molecule has 0 aliphatic carbocycles. The van der Waals surface area contributed by atoms with Gasteiger partial charge >= 0.3 is 0 Å². The Balaban J connectivity index is 1.92. The van der Waals surface area contributed by atoms with Crippen LogP contribution in [0.25, 0.3) is 0 Å². The molecule has 6 heteroatoms. The molecule has 2 aromatic rings. The SMILES string of the molecule is CCc1ccc(N2C(=O)C(CC)S/C2=C(/C#N)C(=O)NCc2ccccc2)cc1. The lowest BCUT2D eigenvalue weighted by molar-refractivity contribution is -0.117. The summed E-state index contributed by atoms with van der Waals surface area (Å²) >= 11 is 1.29. The van der Waals surface area contributed by atoms with E-state index >= 15 is 0 Å². The molecule has 0 saturated carbocycles. The fraction of sp³-hybridized carbons (Fsp3) is 0.261. The Labute approximate surface area is 175 Å². The number of carbonyl (C=O) groups excluding carboxylic acids is 2. The number of benzene rings is 2. The van der Waals surface area contributed by atoms with E-state index in [2.05, 4.69) is 12.2 Å². The van der Waals surface area contributed by atoms with Crippen molar-refractivity contribution in [2.45, 2.75) is 38.5 Å². The van der Waals surface area contributed by atoms with Gasteiger partial charge in [-0.2, -0.15) is 5.26 Å². The first-order valence-electron chi connectivity index (χ1n) is 9.65. The number of anilines is 1. The van der Waals surface area contributed by atoms with Gasteiger partial charge in [0.15, 0.2) is 0 Å². The summed E-state index contributed by atoms with van der Waals surface area (Å²) in [5, 5.41) is 12.6. The van der Waals surface area contributed by atoms with Crippen molar-refractivity contribution >= 4 is 29.3 Å². The zero-order chi connectivity index (χ0) is 20.8. The first kappa shape index (κ1) is 20.7. The van der Waals surface area contributed by atoms with Crippen LogP contribution in [0.15, 0.2) is 65.2 Å². The molecule has 1 atom stereocenters. The highest BCUT2D eigenvalue weighted by molar-refractivity contribution is 8.05. The largest absolute Gasteiger partial charge is 0.347 e. The molecule has 1 unspecified atom stereocenters. The summed E-state index contributed by atoms with van der Waals surface area (Å²) in [6.45, 7) is 4.31. The zero-order valence-corrected chi connectivity index (χ0v) is 17.3. The number of aryl methyl sites for hydroxylation is 1. The van der Waals surface area contributed by atoms with E-state index in [0.29, 0.717) is 23.7 Å². The van der Waals surface area contributed by atoms with Gasteiger partial charge in [0, 0.05) is 12.2 Å². The van der Waals surface area contributed by atoms with E-state index < -0.39 is 5.91 Å². The van der Waals surface area contributed by atoms with Crippen LogP contribution in [0.1, 0.15) is 31.4 Å². The molecule has 1 aliphatic rings. The van der Waals surface area contributed by atoms with Crippen LogP contribution < -0.4 is 10.2 Å². The summed E-state index contributed by atoms with van der Waals surface area (Å²) in [6, 6.07) is 19.2. The van der Waals surface area contributed by atoms with Crippen molar-refractivity contribution in [3.63, 3.8) is 0 Å². The zero-order valence-electron chi connectivity index (χ0n) is 16.5. The lowest BCUT2D eigenvalue weighted by atomic mass is 10.1. The Morgan fingerprint density at radius 2 is 1.79 bits per heavy atom. The number of amides is 2. The quantitative estimate of drug-likeness (QED) is 0.579. The topological polar surface area (TPSA) is 73.2 Å². The van der Waals surface area contributed by atoms with Crippen LogP contribution in [0, 0.1) is 11.3 Å². The number of nitrogens with one attached hydrogen (secondary N) is 1. The van der Waals surface area contributed by atoms with Crippen LogP contribution >= 0.6 is 11.8 Å². The van der Waals surface area contributed by atoms with Crippen LogP contribution in [-0.2, 0) is 22.6 Å². The summed E-state index contributed by atoms with van der Waals surface area (Å²) in [5.41, 5.74) is 2.74. The van der Waals surface area contributed by atoms with E-state index in [-0.39, 0.29) is 16.7 Å². The normalized spacial score (nSPS) is 17.8. The van der Waals surface area contributed by atoms with Gasteiger partial charge in [0.05, 0.1) is 5.25 Å². The van der Waals surface area contributed by atoms with Crippen LogP contribution in [0.5, 0.6) is 0 Å². The lowest BCUT2D eigenvalue weighted by Gasteiger charge is -2.19. The van der Waals surface area contributed by atoms with Gasteiger partial charge in [-0.05, 0) is 36.1 Å². The molecule has 5 nitrogen and oxygen atoms in total. The van der Waals surface area contributed by atoms with E-state index in [4.69, 9.17) is 0 Å². The van der Waals surface area contributed by atoms with Crippen molar-refractivity contribution in [2.75, 3.05) is 4.90 Å². The molecule has 1 aliphatic heterocycles. The summed E-state index contributed by atoms with van der Waals surface area (Å²) in [7, 11) is 0. The first-order valence-corrected chi connectivity index (χ1v) is 10.5. The van der Waals surface area contributed by atoms with Gasteiger partial charge in [0.1, 0.15) is 16.7 Å². The Hall–Kier alpha value is -3.04. The predicted octanol–water partition coefficient (Wildman–Crippen LogP) is 4.16. The minimum absolute atomic E-state index is 0.0326. The maximum atomic E-state index is 13.0. The second kappa shape index (κ2) is 9.44. The van der Waals surface area contributed by atoms with Crippen molar-refractivity contribution in [3.8, 4) is 6.07 Å². The Morgan fingerprint density at radius 3 is 2.38 bits per heavy atom. The third-order valence-corrected chi connectivity index (χ3v) is 6.20. The highest BCUT2D eigenvalue weighted by Gasteiger charge is 2.39. The summed E-state index contributed by atoms with van der Waals surface area (Å²) in [4.78, 5) is 27.2. The molecule has 1 fully saturated rings. The summed E-state index contributed by atoms with van der Waals surface area (Å²) < 4.78 is 0. The monoisotopic (exact) mass is 405 g/mol. The number of hydrogen-bond donors (Lipinski definition) is 1. The van der Waals surface area contributed by atoms with Crippen LogP contribution in [0.3, 0.4) is 0 Å². The van der Waals surface area contributed by atoms with Crippen LogP contribution in [0.4, 0.5) is 5.69 Å². The van der Waals surface area contributed by atoms with Gasteiger partial charge in [-0.15, -0.1) is 0 Å². The fourth-order valence-electron chi connectivity index (χ4n) is 3.10. The molecule has 2 aromatic carbocycles.